The number of benzene rings is 2. The number of β-amino-alcohol motifs (C(OH)–C–C–N with tert-alkyl or cyclic N) is 1. The Morgan fingerprint density at radius 3 is 2.60 bits per heavy atom. The molecule has 1 fully saturated rings. The van der Waals surface area contributed by atoms with Gasteiger partial charge in [-0.2, -0.15) is 5.10 Å². The maximum absolute atomic E-state index is 12.7. The van der Waals surface area contributed by atoms with Crippen molar-refractivity contribution < 1.29 is 28.8 Å². The van der Waals surface area contributed by atoms with Crippen LogP contribution in [-0.2, 0) is 22.6 Å². The third-order valence-corrected chi connectivity index (χ3v) is 6.82. The Labute approximate surface area is 236 Å². The zero-order chi connectivity index (χ0) is 28.4. The molecular formula is C30H40N4O6. The predicted octanol–water partition coefficient (Wildman–Crippen LogP) is 2.77. The summed E-state index contributed by atoms with van der Waals surface area (Å²) in [5, 5.41) is 15.9. The SMILES string of the molecule is COCC(=O)N1CCN(Cc2ccc(OCCCn3cccn3)c(OC)c2)C[C@@](O)(COc2ccc(C)cc2)C1. The lowest BCUT2D eigenvalue weighted by atomic mass is 10.0. The molecule has 4 rings (SSSR count). The number of aromatic nitrogens is 2. The summed E-state index contributed by atoms with van der Waals surface area (Å²) in [5.74, 6) is 1.85. The van der Waals surface area contributed by atoms with E-state index >= 15 is 0 Å². The molecule has 1 aliphatic rings. The van der Waals surface area contributed by atoms with Crippen LogP contribution in [0.2, 0.25) is 0 Å². The first-order valence-electron chi connectivity index (χ1n) is 13.6. The van der Waals surface area contributed by atoms with Gasteiger partial charge in [0.25, 0.3) is 0 Å². The largest absolute Gasteiger partial charge is 0.493 e. The van der Waals surface area contributed by atoms with Gasteiger partial charge in [-0.25, -0.2) is 0 Å². The van der Waals surface area contributed by atoms with E-state index in [0.717, 1.165) is 24.1 Å². The minimum atomic E-state index is -1.27. The number of methoxy groups -OCH3 is 2. The van der Waals surface area contributed by atoms with E-state index in [2.05, 4.69) is 10.00 Å². The number of carbonyl (C=O) groups is 1. The average Bonchev–Trinajstić information content (AvgIpc) is 3.41. The molecule has 1 saturated heterocycles. The molecule has 40 heavy (non-hydrogen) atoms. The van der Waals surface area contributed by atoms with Crippen molar-refractivity contribution in [3.8, 4) is 17.2 Å². The van der Waals surface area contributed by atoms with Gasteiger partial charge in [0.2, 0.25) is 5.91 Å². The van der Waals surface area contributed by atoms with Gasteiger partial charge in [-0.3, -0.25) is 14.4 Å². The Balaban J connectivity index is 1.41. The lowest BCUT2D eigenvalue weighted by molar-refractivity contribution is -0.138. The smallest absolute Gasteiger partial charge is 0.248 e. The van der Waals surface area contributed by atoms with E-state index in [1.165, 1.54) is 7.11 Å². The molecule has 1 N–H and O–H groups in total. The van der Waals surface area contributed by atoms with Gasteiger partial charge in [-0.15, -0.1) is 0 Å². The number of nitrogens with zero attached hydrogens (tertiary/aromatic N) is 4. The standard InChI is InChI=1S/C30H40N4O6/c1-24-6-9-26(10-7-24)40-23-30(36)21-32(15-16-33(22-30)29(35)20-37-2)19-25-8-11-27(28(18-25)38-3)39-17-5-14-34-13-4-12-31-34/h4,6-13,18,36H,5,14-17,19-23H2,1-3H3/t30-/m0/s1. The molecule has 0 saturated carbocycles. The van der Waals surface area contributed by atoms with Crippen LogP contribution in [0.3, 0.4) is 0 Å². The molecule has 10 nitrogen and oxygen atoms in total. The lowest BCUT2D eigenvalue weighted by Crippen LogP contribution is -2.52. The molecule has 1 atom stereocenters. The topological polar surface area (TPSA) is 98.5 Å². The van der Waals surface area contributed by atoms with Crippen LogP contribution >= 0.6 is 0 Å². The number of hydrogen-bond acceptors (Lipinski definition) is 8. The van der Waals surface area contributed by atoms with Gasteiger partial charge in [-0.05, 0) is 42.8 Å². The van der Waals surface area contributed by atoms with E-state index in [4.69, 9.17) is 18.9 Å². The van der Waals surface area contributed by atoms with Crippen LogP contribution < -0.4 is 14.2 Å². The molecule has 2 aromatic carbocycles. The Morgan fingerprint density at radius 1 is 1.05 bits per heavy atom. The Morgan fingerprint density at radius 2 is 1.88 bits per heavy atom. The highest BCUT2D eigenvalue weighted by atomic mass is 16.5. The number of aliphatic hydroxyl groups is 1. The van der Waals surface area contributed by atoms with Crippen molar-refractivity contribution in [1.82, 2.24) is 19.6 Å². The van der Waals surface area contributed by atoms with Gasteiger partial charge >= 0.3 is 0 Å². The molecule has 0 spiro atoms. The summed E-state index contributed by atoms with van der Waals surface area (Å²) < 4.78 is 24.5. The second kappa shape index (κ2) is 14.2. The fourth-order valence-electron chi connectivity index (χ4n) is 4.78. The number of hydrogen-bond donors (Lipinski definition) is 1. The number of amides is 1. The Bertz CT molecular complexity index is 1200. The minimum Gasteiger partial charge on any atom is -0.493 e. The van der Waals surface area contributed by atoms with Crippen LogP contribution in [0.25, 0.3) is 0 Å². The second-order valence-corrected chi connectivity index (χ2v) is 10.2. The number of aryl methyl sites for hydroxylation is 2. The molecule has 0 unspecified atom stereocenters. The van der Waals surface area contributed by atoms with E-state index in [9.17, 15) is 9.90 Å². The summed E-state index contributed by atoms with van der Waals surface area (Å²) in [6, 6.07) is 15.5. The highest BCUT2D eigenvalue weighted by Crippen LogP contribution is 2.29. The fraction of sp³-hybridized carbons (Fsp3) is 0.467. The van der Waals surface area contributed by atoms with E-state index in [0.29, 0.717) is 50.0 Å². The highest BCUT2D eigenvalue weighted by molar-refractivity contribution is 5.77. The number of ether oxygens (including phenoxy) is 4. The van der Waals surface area contributed by atoms with Gasteiger partial charge in [0.15, 0.2) is 11.5 Å². The molecule has 1 aliphatic heterocycles. The fourth-order valence-corrected chi connectivity index (χ4v) is 4.78. The maximum atomic E-state index is 12.7. The molecule has 1 amide bonds. The van der Waals surface area contributed by atoms with Crippen molar-refractivity contribution in [1.29, 1.82) is 0 Å². The molecule has 10 heteroatoms. The van der Waals surface area contributed by atoms with Gasteiger partial charge in [0.1, 0.15) is 24.6 Å². The van der Waals surface area contributed by atoms with Crippen LogP contribution in [0, 0.1) is 6.92 Å². The molecule has 1 aromatic heterocycles. The summed E-state index contributed by atoms with van der Waals surface area (Å²) in [6.07, 6.45) is 4.52. The first-order valence-corrected chi connectivity index (χ1v) is 13.6. The van der Waals surface area contributed by atoms with Crippen LogP contribution in [0.15, 0.2) is 60.9 Å². The minimum absolute atomic E-state index is 0.0322. The summed E-state index contributed by atoms with van der Waals surface area (Å²) in [5.41, 5.74) is 0.871. The summed E-state index contributed by atoms with van der Waals surface area (Å²) in [6.45, 7) is 5.48. The van der Waals surface area contributed by atoms with Crippen molar-refractivity contribution in [3.05, 3.63) is 72.1 Å². The number of carbonyl (C=O) groups excluding carboxylic acids is 1. The van der Waals surface area contributed by atoms with E-state index in [1.54, 1.807) is 18.2 Å². The first-order chi connectivity index (χ1) is 19.4. The van der Waals surface area contributed by atoms with Crippen LogP contribution in [0.1, 0.15) is 17.5 Å². The lowest BCUT2D eigenvalue weighted by Gasteiger charge is -2.33. The third kappa shape index (κ3) is 8.45. The van der Waals surface area contributed by atoms with Crippen molar-refractivity contribution in [2.45, 2.75) is 32.0 Å². The quantitative estimate of drug-likeness (QED) is 0.324. The molecule has 3 aromatic rings. The normalized spacial score (nSPS) is 17.9. The van der Waals surface area contributed by atoms with Gasteiger partial charge in [0.05, 0.1) is 20.3 Å². The summed E-state index contributed by atoms with van der Waals surface area (Å²) in [7, 11) is 3.12. The predicted molar refractivity (Wildman–Crippen MR) is 151 cm³/mol. The number of rotatable bonds is 13. The highest BCUT2D eigenvalue weighted by Gasteiger charge is 2.37. The molecular weight excluding hydrogens is 512 g/mol. The van der Waals surface area contributed by atoms with E-state index in [-0.39, 0.29) is 25.7 Å². The van der Waals surface area contributed by atoms with E-state index < -0.39 is 5.60 Å². The summed E-state index contributed by atoms with van der Waals surface area (Å²) in [4.78, 5) is 16.5. The molecule has 0 radical (unpaired) electrons. The Hall–Kier alpha value is -3.60. The van der Waals surface area contributed by atoms with Crippen molar-refractivity contribution >= 4 is 5.91 Å². The zero-order valence-electron chi connectivity index (χ0n) is 23.6. The van der Waals surface area contributed by atoms with Gasteiger partial charge in [-0.1, -0.05) is 23.8 Å². The first kappa shape index (κ1) is 29.4. The summed E-state index contributed by atoms with van der Waals surface area (Å²) >= 11 is 0. The van der Waals surface area contributed by atoms with E-state index in [1.807, 2.05) is 66.3 Å². The van der Waals surface area contributed by atoms with Crippen LogP contribution in [0.4, 0.5) is 0 Å². The molecule has 216 valence electrons. The zero-order valence-corrected chi connectivity index (χ0v) is 23.6. The molecule has 0 bridgehead atoms. The van der Waals surface area contributed by atoms with Crippen LogP contribution in [0.5, 0.6) is 17.2 Å². The van der Waals surface area contributed by atoms with Crippen molar-refractivity contribution in [2.75, 3.05) is 60.2 Å². The van der Waals surface area contributed by atoms with Crippen molar-refractivity contribution in [2.24, 2.45) is 0 Å². The Kier molecular flexibility index (Phi) is 10.4. The molecule has 0 aliphatic carbocycles. The van der Waals surface area contributed by atoms with Crippen LogP contribution in [-0.4, -0.2) is 96.4 Å². The van der Waals surface area contributed by atoms with Gasteiger partial charge in [0, 0.05) is 58.6 Å². The average molecular weight is 553 g/mol. The monoisotopic (exact) mass is 552 g/mol. The maximum Gasteiger partial charge on any atom is 0.248 e. The second-order valence-electron chi connectivity index (χ2n) is 10.2. The third-order valence-electron chi connectivity index (χ3n) is 6.82. The molecule has 2 heterocycles. The van der Waals surface area contributed by atoms with Crippen molar-refractivity contribution in [3.63, 3.8) is 0 Å². The van der Waals surface area contributed by atoms with Gasteiger partial charge < -0.3 is 29.0 Å².